The standard InChI is InChI=1S/C62H101NO3/c1-3-5-7-9-11-13-15-17-19-21-22-23-24-25-26-27-28-29-30-31-32-33-34-35-36-37-38-39-40-42-44-46-48-50-52-54-56-58-62(66)63-60(59-64)61(65)57-55-53-51-49-47-45-43-41-20-18-16-14-12-10-8-6-4-2/h5,7,11,13,17,19,22-23,25-26,28-29,31-32,34-35,37-38,40,42,46,48,55,57,60-61,64-65H,3-4,6,8-10,12,14-16,18,20-21,24,27,30,33,36,39,41,43-45,47,49-54,56,58-59H2,1-2H3,(H,63,66)/b7-5-,13-11-,19-17-,23-22-,26-25-,29-28-,32-31-,35-34-,38-37-,42-40-,48-46-,57-55+. The lowest BCUT2D eigenvalue weighted by Crippen LogP contribution is -2.45. The molecule has 0 aliphatic rings. The van der Waals surface area contributed by atoms with Crippen molar-refractivity contribution < 1.29 is 15.0 Å². The molecule has 4 heteroatoms. The summed E-state index contributed by atoms with van der Waals surface area (Å²) in [4.78, 5) is 12.4. The van der Waals surface area contributed by atoms with Crippen LogP contribution in [0.2, 0.25) is 0 Å². The van der Waals surface area contributed by atoms with Crippen molar-refractivity contribution >= 4 is 5.91 Å². The quantitative estimate of drug-likeness (QED) is 0.0421. The number of carbonyl (C=O) groups is 1. The predicted molar refractivity (Wildman–Crippen MR) is 294 cm³/mol. The highest BCUT2D eigenvalue weighted by Crippen LogP contribution is 2.14. The molecule has 0 heterocycles. The van der Waals surface area contributed by atoms with Crippen molar-refractivity contribution in [2.75, 3.05) is 6.61 Å². The molecule has 372 valence electrons. The highest BCUT2D eigenvalue weighted by molar-refractivity contribution is 5.76. The maximum atomic E-state index is 12.4. The average Bonchev–Trinajstić information content (AvgIpc) is 3.32. The molecule has 0 saturated carbocycles. The highest BCUT2D eigenvalue weighted by Gasteiger charge is 2.17. The molecule has 0 rings (SSSR count). The van der Waals surface area contributed by atoms with Crippen LogP contribution in [0.3, 0.4) is 0 Å². The first-order chi connectivity index (χ1) is 32.7. The predicted octanol–water partition coefficient (Wildman–Crippen LogP) is 18.0. The van der Waals surface area contributed by atoms with Crippen molar-refractivity contribution in [3.05, 3.63) is 146 Å². The zero-order valence-electron chi connectivity index (χ0n) is 42.6. The van der Waals surface area contributed by atoms with E-state index in [9.17, 15) is 15.0 Å². The molecule has 0 saturated heterocycles. The first kappa shape index (κ1) is 62.3. The van der Waals surface area contributed by atoms with Gasteiger partial charge in [0.05, 0.1) is 18.8 Å². The largest absolute Gasteiger partial charge is 0.394 e. The van der Waals surface area contributed by atoms with Crippen LogP contribution in [0.5, 0.6) is 0 Å². The Morgan fingerprint density at radius 1 is 0.379 bits per heavy atom. The van der Waals surface area contributed by atoms with E-state index >= 15 is 0 Å². The SMILES string of the molecule is CC/C=C\C/C=C\C/C=C\C/C=C\C/C=C\C/C=C\C/C=C\C/C=C\C/C=C\C/C=C\C/C=C\CCCCCC(=O)NC(CO)C(O)/C=C/CCCCCCCCCCCCCCCCC. The van der Waals surface area contributed by atoms with E-state index in [1.165, 1.54) is 89.9 Å². The van der Waals surface area contributed by atoms with Crippen LogP contribution in [0.1, 0.15) is 219 Å². The molecule has 0 aromatic rings. The summed E-state index contributed by atoms with van der Waals surface area (Å²) >= 11 is 0. The fourth-order valence-corrected chi connectivity index (χ4v) is 7.24. The van der Waals surface area contributed by atoms with E-state index in [2.05, 4.69) is 153 Å². The summed E-state index contributed by atoms with van der Waals surface area (Å²) in [5.74, 6) is -0.102. The maximum Gasteiger partial charge on any atom is 0.220 e. The van der Waals surface area contributed by atoms with Gasteiger partial charge in [0.25, 0.3) is 0 Å². The number of unbranched alkanes of at least 4 members (excludes halogenated alkanes) is 18. The van der Waals surface area contributed by atoms with Crippen LogP contribution in [-0.4, -0.2) is 34.9 Å². The zero-order valence-corrected chi connectivity index (χ0v) is 42.6. The molecule has 0 aliphatic carbocycles. The average molecular weight is 908 g/mol. The van der Waals surface area contributed by atoms with Gasteiger partial charge in [-0.1, -0.05) is 256 Å². The number of carbonyl (C=O) groups excluding carboxylic acids is 1. The van der Waals surface area contributed by atoms with Crippen molar-refractivity contribution in [3.63, 3.8) is 0 Å². The topological polar surface area (TPSA) is 69.6 Å². The second-order valence-electron chi connectivity index (χ2n) is 17.6. The van der Waals surface area contributed by atoms with Crippen LogP contribution in [-0.2, 0) is 4.79 Å². The summed E-state index contributed by atoms with van der Waals surface area (Å²) in [7, 11) is 0. The third-order valence-electron chi connectivity index (χ3n) is 11.3. The lowest BCUT2D eigenvalue weighted by Gasteiger charge is -2.19. The number of nitrogens with one attached hydrogen (secondary N) is 1. The van der Waals surface area contributed by atoms with Gasteiger partial charge in [-0.3, -0.25) is 4.79 Å². The third kappa shape index (κ3) is 51.3. The monoisotopic (exact) mass is 908 g/mol. The van der Waals surface area contributed by atoms with Crippen LogP contribution >= 0.6 is 0 Å². The fraction of sp³-hybridized carbons (Fsp3) is 0.597. The Morgan fingerprint density at radius 3 is 1.00 bits per heavy atom. The first-order valence-electron chi connectivity index (χ1n) is 27.0. The van der Waals surface area contributed by atoms with Gasteiger partial charge in [-0.05, 0) is 103 Å². The van der Waals surface area contributed by atoms with E-state index in [0.29, 0.717) is 6.42 Å². The molecule has 3 N–H and O–H groups in total. The Morgan fingerprint density at radius 2 is 0.667 bits per heavy atom. The first-order valence-corrected chi connectivity index (χ1v) is 27.0. The molecule has 66 heavy (non-hydrogen) atoms. The van der Waals surface area contributed by atoms with E-state index in [1.54, 1.807) is 6.08 Å². The molecular formula is C62H101NO3. The van der Waals surface area contributed by atoms with Gasteiger partial charge in [0, 0.05) is 6.42 Å². The number of aliphatic hydroxyl groups excluding tert-OH is 2. The molecule has 0 fully saturated rings. The fourth-order valence-electron chi connectivity index (χ4n) is 7.24. The van der Waals surface area contributed by atoms with Crippen LogP contribution < -0.4 is 5.32 Å². The number of hydrogen-bond acceptors (Lipinski definition) is 3. The smallest absolute Gasteiger partial charge is 0.220 e. The summed E-state index contributed by atoms with van der Waals surface area (Å²) in [5, 5.41) is 23.1. The van der Waals surface area contributed by atoms with Crippen molar-refractivity contribution in [1.82, 2.24) is 5.32 Å². The number of rotatable bonds is 47. The molecule has 2 atom stereocenters. The molecule has 0 aliphatic heterocycles. The van der Waals surface area contributed by atoms with Crippen molar-refractivity contribution in [2.45, 2.75) is 231 Å². The number of hydrogen-bond donors (Lipinski definition) is 3. The molecule has 0 radical (unpaired) electrons. The van der Waals surface area contributed by atoms with E-state index in [1.807, 2.05) is 6.08 Å². The summed E-state index contributed by atoms with van der Waals surface area (Å²) in [6.07, 6.45) is 88.4. The maximum absolute atomic E-state index is 12.4. The number of allylic oxidation sites excluding steroid dienone is 23. The second-order valence-corrected chi connectivity index (χ2v) is 17.6. The van der Waals surface area contributed by atoms with Crippen molar-refractivity contribution in [2.24, 2.45) is 0 Å². The van der Waals surface area contributed by atoms with E-state index in [-0.39, 0.29) is 12.5 Å². The van der Waals surface area contributed by atoms with Crippen LogP contribution in [0.25, 0.3) is 0 Å². The number of aliphatic hydroxyl groups is 2. The van der Waals surface area contributed by atoms with E-state index in [4.69, 9.17) is 0 Å². The third-order valence-corrected chi connectivity index (χ3v) is 11.3. The number of amides is 1. The second kappa shape index (κ2) is 55.6. The van der Waals surface area contributed by atoms with E-state index in [0.717, 1.165) is 109 Å². The van der Waals surface area contributed by atoms with Gasteiger partial charge in [0.15, 0.2) is 0 Å². The van der Waals surface area contributed by atoms with E-state index < -0.39 is 12.1 Å². The van der Waals surface area contributed by atoms with Crippen LogP contribution in [0.4, 0.5) is 0 Å². The lowest BCUT2D eigenvalue weighted by molar-refractivity contribution is -0.123. The Balaban J connectivity index is 3.73. The van der Waals surface area contributed by atoms with Gasteiger partial charge < -0.3 is 15.5 Å². The Hall–Kier alpha value is -3.73. The zero-order chi connectivity index (χ0) is 47.7. The summed E-state index contributed by atoms with van der Waals surface area (Å²) in [6.45, 7) is 4.17. The van der Waals surface area contributed by atoms with Gasteiger partial charge in [-0.15, -0.1) is 0 Å². The minimum Gasteiger partial charge on any atom is -0.394 e. The summed E-state index contributed by atoms with van der Waals surface area (Å²) < 4.78 is 0. The molecule has 0 aromatic carbocycles. The summed E-state index contributed by atoms with van der Waals surface area (Å²) in [5.41, 5.74) is 0. The Kier molecular flexibility index (Phi) is 52.5. The van der Waals surface area contributed by atoms with Crippen molar-refractivity contribution in [3.8, 4) is 0 Å². The van der Waals surface area contributed by atoms with Gasteiger partial charge >= 0.3 is 0 Å². The molecular weight excluding hydrogens is 807 g/mol. The van der Waals surface area contributed by atoms with Gasteiger partial charge in [0.1, 0.15) is 0 Å². The summed E-state index contributed by atoms with van der Waals surface area (Å²) in [6, 6.07) is -0.651. The normalized spacial score (nSPS) is 14.1. The minimum atomic E-state index is -0.864. The minimum absolute atomic E-state index is 0.102. The van der Waals surface area contributed by atoms with Crippen LogP contribution in [0.15, 0.2) is 146 Å². The molecule has 0 spiro atoms. The van der Waals surface area contributed by atoms with Gasteiger partial charge in [-0.2, -0.15) is 0 Å². The highest BCUT2D eigenvalue weighted by atomic mass is 16.3. The van der Waals surface area contributed by atoms with Crippen molar-refractivity contribution in [1.29, 1.82) is 0 Å². The lowest BCUT2D eigenvalue weighted by atomic mass is 10.0. The molecule has 4 nitrogen and oxygen atoms in total. The molecule has 0 aromatic heterocycles. The molecule has 0 bridgehead atoms. The van der Waals surface area contributed by atoms with Crippen LogP contribution in [0, 0.1) is 0 Å². The Bertz CT molecular complexity index is 1400. The molecule has 1 amide bonds. The Labute approximate surface area is 408 Å². The molecule has 2 unspecified atom stereocenters. The van der Waals surface area contributed by atoms with Gasteiger partial charge in [-0.25, -0.2) is 0 Å². The van der Waals surface area contributed by atoms with Gasteiger partial charge in [0.2, 0.25) is 5.91 Å².